The topological polar surface area (TPSA) is 108 Å². The maximum absolute atomic E-state index is 12.2. The molecule has 1 aromatic heterocycles. The van der Waals surface area contributed by atoms with Gasteiger partial charge < -0.3 is 15.3 Å². The zero-order chi connectivity index (χ0) is 16.4. The molecule has 0 saturated heterocycles. The van der Waals surface area contributed by atoms with E-state index in [0.717, 1.165) is 11.8 Å². The fourth-order valence-electron chi connectivity index (χ4n) is 2.12. The zero-order valence-corrected chi connectivity index (χ0v) is 11.9. The van der Waals surface area contributed by atoms with E-state index in [-0.39, 0.29) is 12.0 Å². The van der Waals surface area contributed by atoms with E-state index in [1.54, 1.807) is 0 Å². The second-order valence-corrected chi connectivity index (χ2v) is 4.89. The quantitative estimate of drug-likeness (QED) is 0.501. The van der Waals surface area contributed by atoms with Gasteiger partial charge in [0.15, 0.2) is 17.3 Å². The summed E-state index contributed by atoms with van der Waals surface area (Å²) < 4.78 is 0. The van der Waals surface area contributed by atoms with Crippen LogP contribution in [0.4, 0.5) is 0 Å². The van der Waals surface area contributed by atoms with Crippen LogP contribution in [0, 0.1) is 0 Å². The molecule has 0 aliphatic rings. The summed E-state index contributed by atoms with van der Waals surface area (Å²) >= 11 is 0. The lowest BCUT2D eigenvalue weighted by Gasteiger charge is -2.05. The molecule has 0 amide bonds. The lowest BCUT2D eigenvalue weighted by atomic mass is 10.0. The molecule has 0 unspecified atom stereocenters. The number of para-hydroxylation sites is 1. The number of benzene rings is 2. The summed E-state index contributed by atoms with van der Waals surface area (Å²) in [6.07, 6.45) is 1.37. The fourth-order valence-corrected chi connectivity index (χ4v) is 2.12. The van der Waals surface area contributed by atoms with Gasteiger partial charge in [-0.1, -0.05) is 18.2 Å². The Morgan fingerprint density at radius 2 is 1.74 bits per heavy atom. The van der Waals surface area contributed by atoms with Crippen LogP contribution in [0.5, 0.6) is 17.2 Å². The van der Waals surface area contributed by atoms with Gasteiger partial charge in [-0.15, -0.1) is 0 Å². The van der Waals surface area contributed by atoms with Crippen molar-refractivity contribution in [1.29, 1.82) is 0 Å². The van der Waals surface area contributed by atoms with Crippen molar-refractivity contribution in [2.45, 2.75) is 6.42 Å². The molecule has 2 aromatic carbocycles. The number of hydrogen-bond acceptors (Lipinski definition) is 6. The van der Waals surface area contributed by atoms with Crippen LogP contribution in [-0.2, 0) is 6.42 Å². The number of ketones is 1. The summed E-state index contributed by atoms with van der Waals surface area (Å²) in [5.74, 6) is -2.30. The lowest BCUT2D eigenvalue weighted by molar-refractivity contribution is 0.0988. The molecule has 0 bridgehead atoms. The van der Waals surface area contributed by atoms with E-state index in [2.05, 4.69) is 10.2 Å². The summed E-state index contributed by atoms with van der Waals surface area (Å²) in [6, 6.07) is 11.6. The van der Waals surface area contributed by atoms with Gasteiger partial charge in [0.1, 0.15) is 0 Å². The van der Waals surface area contributed by atoms with Gasteiger partial charge in [0.05, 0.1) is 29.6 Å². The predicted molar refractivity (Wildman–Crippen MR) is 80.8 cm³/mol. The van der Waals surface area contributed by atoms with Crippen LogP contribution in [0.25, 0.3) is 5.69 Å². The van der Waals surface area contributed by atoms with Crippen molar-refractivity contribution in [2.24, 2.45) is 0 Å². The maximum Gasteiger partial charge on any atom is 0.201 e. The minimum atomic E-state index is -0.719. The number of aromatic hydroxyl groups is 3. The zero-order valence-electron chi connectivity index (χ0n) is 11.9. The number of Topliss-reactive ketones (excluding diaryl/α,β-unsaturated/α-hetero) is 1. The van der Waals surface area contributed by atoms with E-state index in [4.69, 9.17) is 0 Å². The van der Waals surface area contributed by atoms with Gasteiger partial charge in [0.25, 0.3) is 0 Å². The second kappa shape index (κ2) is 5.80. The van der Waals surface area contributed by atoms with Crippen LogP contribution in [0.15, 0.2) is 48.7 Å². The smallest absolute Gasteiger partial charge is 0.201 e. The van der Waals surface area contributed by atoms with Crippen LogP contribution >= 0.6 is 0 Å². The Bertz CT molecular complexity index is 859. The number of carbonyl (C=O) groups excluding carboxylic acids is 1. The highest BCUT2D eigenvalue weighted by atomic mass is 16.3. The molecule has 0 aliphatic carbocycles. The summed E-state index contributed by atoms with van der Waals surface area (Å²) in [5.41, 5.74) is 1.09. The number of carbonyl (C=O) groups is 1. The molecule has 7 heteroatoms. The van der Waals surface area contributed by atoms with Crippen molar-refractivity contribution in [3.8, 4) is 22.9 Å². The summed E-state index contributed by atoms with van der Waals surface area (Å²) in [5, 5.41) is 36.8. The highest BCUT2D eigenvalue weighted by Gasteiger charge is 2.18. The largest absolute Gasteiger partial charge is 0.504 e. The molecule has 116 valence electrons. The summed E-state index contributed by atoms with van der Waals surface area (Å²) in [6.45, 7) is 0. The number of hydrogen-bond donors (Lipinski definition) is 3. The van der Waals surface area contributed by atoms with Crippen molar-refractivity contribution < 1.29 is 20.1 Å². The Morgan fingerprint density at radius 3 is 2.48 bits per heavy atom. The number of nitrogens with zero attached hydrogens (tertiary/aromatic N) is 3. The molecule has 23 heavy (non-hydrogen) atoms. The first kappa shape index (κ1) is 14.6. The van der Waals surface area contributed by atoms with E-state index in [9.17, 15) is 20.1 Å². The normalized spacial score (nSPS) is 10.6. The first-order valence-electron chi connectivity index (χ1n) is 6.80. The van der Waals surface area contributed by atoms with Crippen molar-refractivity contribution in [3.63, 3.8) is 0 Å². The molecule has 7 nitrogen and oxygen atoms in total. The van der Waals surface area contributed by atoms with Gasteiger partial charge >= 0.3 is 0 Å². The van der Waals surface area contributed by atoms with E-state index >= 15 is 0 Å². The number of rotatable bonds is 4. The third-order valence-electron chi connectivity index (χ3n) is 3.30. The third-order valence-corrected chi connectivity index (χ3v) is 3.30. The van der Waals surface area contributed by atoms with Crippen LogP contribution in [-0.4, -0.2) is 36.1 Å². The van der Waals surface area contributed by atoms with E-state index < -0.39 is 23.0 Å². The standard InChI is InChI=1S/C16H13N3O4/c20-13-7-6-12(15(22)16(13)23)14(21)8-10-9-17-19(18-10)11-4-2-1-3-5-11/h1-7,9,20,22-23H,8H2. The fraction of sp³-hybridized carbons (Fsp3) is 0.0625. The van der Waals surface area contributed by atoms with E-state index in [0.29, 0.717) is 5.69 Å². The van der Waals surface area contributed by atoms with Crippen molar-refractivity contribution >= 4 is 5.78 Å². The summed E-state index contributed by atoms with van der Waals surface area (Å²) in [4.78, 5) is 13.6. The van der Waals surface area contributed by atoms with Crippen molar-refractivity contribution in [1.82, 2.24) is 15.0 Å². The van der Waals surface area contributed by atoms with Crippen LogP contribution in [0.2, 0.25) is 0 Å². The van der Waals surface area contributed by atoms with E-state index in [1.807, 2.05) is 30.3 Å². The second-order valence-electron chi connectivity index (χ2n) is 4.89. The number of phenols is 3. The Balaban J connectivity index is 1.82. The average Bonchev–Trinajstić information content (AvgIpc) is 3.02. The van der Waals surface area contributed by atoms with Gasteiger partial charge in [-0.05, 0) is 24.3 Å². The average molecular weight is 311 g/mol. The lowest BCUT2D eigenvalue weighted by Crippen LogP contribution is -2.05. The van der Waals surface area contributed by atoms with Crippen LogP contribution < -0.4 is 0 Å². The third kappa shape index (κ3) is 2.84. The molecule has 0 spiro atoms. The first-order valence-corrected chi connectivity index (χ1v) is 6.80. The molecule has 3 N–H and O–H groups in total. The summed E-state index contributed by atoms with van der Waals surface area (Å²) in [7, 11) is 0. The van der Waals surface area contributed by atoms with Gasteiger partial charge in [0.2, 0.25) is 5.75 Å². The molecular formula is C16H13N3O4. The number of aromatic nitrogens is 3. The van der Waals surface area contributed by atoms with Gasteiger partial charge in [0, 0.05) is 0 Å². The minimum absolute atomic E-state index is 0.0884. The molecule has 0 atom stereocenters. The molecular weight excluding hydrogens is 298 g/mol. The Hall–Kier alpha value is -3.35. The molecule has 3 aromatic rings. The van der Waals surface area contributed by atoms with Crippen LogP contribution in [0.3, 0.4) is 0 Å². The monoisotopic (exact) mass is 311 g/mol. The number of phenolic OH excluding ortho intramolecular Hbond substituents is 3. The Labute approximate surface area is 131 Å². The van der Waals surface area contributed by atoms with Crippen molar-refractivity contribution in [3.05, 3.63) is 59.9 Å². The maximum atomic E-state index is 12.2. The molecule has 0 radical (unpaired) electrons. The SMILES string of the molecule is O=C(Cc1cnn(-c2ccccc2)n1)c1ccc(O)c(O)c1O. The molecule has 0 fully saturated rings. The van der Waals surface area contributed by atoms with Crippen molar-refractivity contribution in [2.75, 3.05) is 0 Å². The Kier molecular flexibility index (Phi) is 3.68. The van der Waals surface area contributed by atoms with Gasteiger partial charge in [-0.25, -0.2) is 0 Å². The molecule has 3 rings (SSSR count). The molecule has 0 aliphatic heterocycles. The molecule has 1 heterocycles. The highest BCUT2D eigenvalue weighted by Crippen LogP contribution is 2.37. The Morgan fingerprint density at radius 1 is 1.00 bits per heavy atom. The highest BCUT2D eigenvalue weighted by molar-refractivity contribution is 6.00. The van der Waals surface area contributed by atoms with Gasteiger partial charge in [-0.2, -0.15) is 15.0 Å². The first-order chi connectivity index (χ1) is 11.1. The van der Waals surface area contributed by atoms with E-state index in [1.165, 1.54) is 17.1 Å². The predicted octanol–water partition coefficient (Wildman–Crippen LogP) is 1.81. The van der Waals surface area contributed by atoms with Gasteiger partial charge in [-0.3, -0.25) is 4.79 Å². The molecule has 0 saturated carbocycles. The minimum Gasteiger partial charge on any atom is -0.504 e. The van der Waals surface area contributed by atoms with Crippen LogP contribution in [0.1, 0.15) is 16.1 Å².